The number of aliphatic imine (C=N–C) groups is 1. The Balaban J connectivity index is 4.26. The van der Waals surface area contributed by atoms with Gasteiger partial charge in [-0.15, -0.1) is 0 Å². The summed E-state index contributed by atoms with van der Waals surface area (Å²) in [4.78, 5) is 4.41. The van der Waals surface area contributed by atoms with Crippen LogP contribution in [0, 0.1) is 0 Å². The molecule has 0 aromatic rings. The third-order valence-electron chi connectivity index (χ3n) is 1.64. The van der Waals surface area contributed by atoms with Gasteiger partial charge >= 0.3 is 0 Å². The molecule has 0 aliphatic carbocycles. The third-order valence-corrected chi connectivity index (χ3v) is 1.64. The number of rotatable bonds is 5. The van der Waals surface area contributed by atoms with Gasteiger partial charge < -0.3 is 5.32 Å². The molecule has 0 fully saturated rings. The molecule has 0 aliphatic heterocycles. The lowest BCUT2D eigenvalue weighted by Gasteiger charge is -2.07. The highest BCUT2D eigenvalue weighted by Gasteiger charge is 1.98. The Hall–Kier alpha value is -1.05. The molecule has 13 heavy (non-hydrogen) atoms. The largest absolute Gasteiger partial charge is 0.347 e. The monoisotopic (exact) mass is 180 g/mol. The van der Waals surface area contributed by atoms with E-state index in [-0.39, 0.29) is 0 Å². The van der Waals surface area contributed by atoms with Crippen LogP contribution in [-0.4, -0.2) is 12.4 Å². The van der Waals surface area contributed by atoms with Crippen molar-refractivity contribution in [2.24, 2.45) is 4.99 Å². The van der Waals surface area contributed by atoms with Crippen LogP contribution >= 0.6 is 0 Å². The van der Waals surface area contributed by atoms with Gasteiger partial charge in [0.15, 0.2) is 0 Å². The molecule has 0 aromatic carbocycles. The Morgan fingerprint density at radius 1 is 1.46 bits per heavy atom. The topological polar surface area (TPSA) is 24.4 Å². The molecule has 2 nitrogen and oxygen atoms in total. The zero-order valence-corrected chi connectivity index (χ0v) is 8.93. The molecule has 0 aliphatic rings. The molecule has 0 atom stereocenters. The van der Waals surface area contributed by atoms with E-state index in [0.29, 0.717) is 0 Å². The van der Waals surface area contributed by atoms with Crippen LogP contribution in [0.25, 0.3) is 0 Å². The fourth-order valence-electron chi connectivity index (χ4n) is 0.813. The van der Waals surface area contributed by atoms with Crippen molar-refractivity contribution in [1.29, 1.82) is 0 Å². The van der Waals surface area contributed by atoms with Crippen LogP contribution in [0.3, 0.4) is 0 Å². The van der Waals surface area contributed by atoms with E-state index in [1.165, 1.54) is 0 Å². The summed E-state index contributed by atoms with van der Waals surface area (Å²) >= 11 is 0. The molecule has 0 rings (SSSR count). The van der Waals surface area contributed by atoms with Crippen LogP contribution in [0.1, 0.15) is 33.6 Å². The fraction of sp³-hybridized carbons (Fsp3) is 0.545. The Morgan fingerprint density at radius 3 is 2.62 bits per heavy atom. The van der Waals surface area contributed by atoms with E-state index >= 15 is 0 Å². The van der Waals surface area contributed by atoms with Gasteiger partial charge in [-0.2, -0.15) is 0 Å². The second-order valence-corrected chi connectivity index (χ2v) is 2.83. The highest BCUT2D eigenvalue weighted by atomic mass is 15.0. The molecule has 0 amide bonds. The second-order valence-electron chi connectivity index (χ2n) is 2.83. The lowest BCUT2D eigenvalue weighted by Crippen LogP contribution is -2.19. The van der Waals surface area contributed by atoms with E-state index in [1.807, 2.05) is 19.2 Å². The Labute approximate surface area is 81.5 Å². The Bertz CT molecular complexity index is 202. The first-order valence-corrected chi connectivity index (χ1v) is 4.86. The molecular formula is C11H20N2. The average Bonchev–Trinajstić information content (AvgIpc) is 2.17. The smallest absolute Gasteiger partial charge is 0.127 e. The zero-order chi connectivity index (χ0) is 10.1. The number of allylic oxidation sites excluding steroid dienone is 1. The van der Waals surface area contributed by atoms with Gasteiger partial charge in [0.1, 0.15) is 5.84 Å². The maximum atomic E-state index is 4.41. The van der Waals surface area contributed by atoms with Crippen molar-refractivity contribution in [3.63, 3.8) is 0 Å². The van der Waals surface area contributed by atoms with E-state index in [9.17, 15) is 0 Å². The molecule has 0 bridgehead atoms. The molecule has 74 valence electrons. The van der Waals surface area contributed by atoms with Crippen LogP contribution in [0.15, 0.2) is 29.4 Å². The van der Waals surface area contributed by atoms with Crippen molar-refractivity contribution in [3.05, 3.63) is 24.4 Å². The Kier molecular flexibility index (Phi) is 6.98. The second kappa shape index (κ2) is 7.59. The lowest BCUT2D eigenvalue weighted by atomic mass is 10.2. The minimum atomic E-state index is 0.860. The van der Waals surface area contributed by atoms with Gasteiger partial charge in [0, 0.05) is 6.54 Å². The van der Waals surface area contributed by atoms with Gasteiger partial charge in [-0.05, 0) is 31.5 Å². The van der Waals surface area contributed by atoms with Gasteiger partial charge in [-0.25, -0.2) is 0 Å². The van der Waals surface area contributed by atoms with Crippen molar-refractivity contribution in [2.45, 2.75) is 33.6 Å². The van der Waals surface area contributed by atoms with E-state index < -0.39 is 0 Å². The summed E-state index contributed by atoms with van der Waals surface area (Å²) in [5.74, 6) is 0.919. The number of nitrogens with zero attached hydrogens (tertiary/aromatic N) is 1. The number of nitrogens with one attached hydrogen (secondary N) is 1. The van der Waals surface area contributed by atoms with Crippen LogP contribution in [0.4, 0.5) is 0 Å². The van der Waals surface area contributed by atoms with Crippen LogP contribution in [0.2, 0.25) is 0 Å². The summed E-state index contributed by atoms with van der Waals surface area (Å²) in [5, 5.41) is 3.12. The van der Waals surface area contributed by atoms with E-state index in [2.05, 4.69) is 30.7 Å². The predicted octanol–water partition coefficient (Wildman–Crippen LogP) is 2.88. The summed E-state index contributed by atoms with van der Waals surface area (Å²) in [6.45, 7) is 11.0. The first-order valence-electron chi connectivity index (χ1n) is 4.86. The molecule has 0 aromatic heterocycles. The maximum absolute atomic E-state index is 4.41. The number of hydrogen-bond acceptors (Lipinski definition) is 1. The number of amidine groups is 1. The Morgan fingerprint density at radius 2 is 2.15 bits per heavy atom. The highest BCUT2D eigenvalue weighted by molar-refractivity contribution is 5.98. The SMILES string of the molecule is C=C(CC)C(=NCCC)NC=CC. The average molecular weight is 180 g/mol. The van der Waals surface area contributed by atoms with E-state index in [4.69, 9.17) is 0 Å². The van der Waals surface area contributed by atoms with Crippen molar-refractivity contribution < 1.29 is 0 Å². The molecule has 0 unspecified atom stereocenters. The van der Waals surface area contributed by atoms with Gasteiger partial charge in [0.2, 0.25) is 0 Å². The summed E-state index contributed by atoms with van der Waals surface area (Å²) in [6.07, 6.45) is 5.84. The summed E-state index contributed by atoms with van der Waals surface area (Å²) in [6, 6.07) is 0. The molecule has 0 heterocycles. The van der Waals surface area contributed by atoms with Gasteiger partial charge in [0.25, 0.3) is 0 Å². The predicted molar refractivity (Wildman–Crippen MR) is 60.0 cm³/mol. The van der Waals surface area contributed by atoms with E-state index in [0.717, 1.165) is 30.8 Å². The number of hydrogen-bond donors (Lipinski definition) is 1. The quantitative estimate of drug-likeness (QED) is 0.510. The van der Waals surface area contributed by atoms with Crippen molar-refractivity contribution in [1.82, 2.24) is 5.32 Å². The van der Waals surface area contributed by atoms with Crippen LogP contribution in [0.5, 0.6) is 0 Å². The lowest BCUT2D eigenvalue weighted by molar-refractivity contribution is 0.920. The van der Waals surface area contributed by atoms with Crippen LogP contribution in [-0.2, 0) is 0 Å². The molecule has 1 N–H and O–H groups in total. The van der Waals surface area contributed by atoms with Crippen molar-refractivity contribution in [3.8, 4) is 0 Å². The standard InChI is InChI=1S/C11H20N2/c1-5-8-12-11(10(4)7-3)13-9-6-2/h5,8H,4,6-7,9H2,1-3H3,(H,12,13). The highest BCUT2D eigenvalue weighted by Crippen LogP contribution is 1.98. The molecule has 0 saturated carbocycles. The normalized spacial score (nSPS) is 12.1. The fourth-order valence-corrected chi connectivity index (χ4v) is 0.813. The first-order chi connectivity index (χ1) is 6.26. The van der Waals surface area contributed by atoms with Gasteiger partial charge in [0.05, 0.1) is 0 Å². The van der Waals surface area contributed by atoms with Gasteiger partial charge in [-0.3, -0.25) is 4.99 Å². The summed E-state index contributed by atoms with van der Waals surface area (Å²) in [5.41, 5.74) is 1.06. The van der Waals surface area contributed by atoms with Gasteiger partial charge in [-0.1, -0.05) is 26.5 Å². The van der Waals surface area contributed by atoms with Crippen molar-refractivity contribution >= 4 is 5.84 Å². The molecule has 0 radical (unpaired) electrons. The molecule has 2 heteroatoms. The minimum absolute atomic E-state index is 0.860. The van der Waals surface area contributed by atoms with Crippen molar-refractivity contribution in [2.75, 3.05) is 6.54 Å². The maximum Gasteiger partial charge on any atom is 0.127 e. The first kappa shape index (κ1) is 11.9. The third kappa shape index (κ3) is 5.23. The molecular weight excluding hydrogens is 160 g/mol. The summed E-state index contributed by atoms with van der Waals surface area (Å²) in [7, 11) is 0. The van der Waals surface area contributed by atoms with E-state index in [1.54, 1.807) is 0 Å². The minimum Gasteiger partial charge on any atom is -0.347 e. The van der Waals surface area contributed by atoms with Crippen LogP contribution < -0.4 is 5.32 Å². The summed E-state index contributed by atoms with van der Waals surface area (Å²) < 4.78 is 0. The molecule has 0 saturated heterocycles. The zero-order valence-electron chi connectivity index (χ0n) is 8.93. The molecule has 0 spiro atoms.